The number of aryl methyl sites for hydroxylation is 2. The van der Waals surface area contributed by atoms with Crippen LogP contribution in [0, 0.1) is 13.8 Å². The van der Waals surface area contributed by atoms with Crippen LogP contribution in [0.4, 0.5) is 0 Å². The van der Waals surface area contributed by atoms with E-state index in [1.807, 2.05) is 31.2 Å². The van der Waals surface area contributed by atoms with Crippen molar-refractivity contribution in [1.82, 2.24) is 9.97 Å². The van der Waals surface area contributed by atoms with Crippen LogP contribution < -0.4 is 0 Å². The topological polar surface area (TPSA) is 63.1 Å². The summed E-state index contributed by atoms with van der Waals surface area (Å²) in [6.07, 6.45) is 0. The van der Waals surface area contributed by atoms with Crippen molar-refractivity contribution in [2.75, 3.05) is 0 Å². The van der Waals surface area contributed by atoms with Crippen molar-refractivity contribution >= 4 is 17.7 Å². The lowest BCUT2D eigenvalue weighted by Gasteiger charge is -2.05. The van der Waals surface area contributed by atoms with Gasteiger partial charge >= 0.3 is 5.97 Å². The highest BCUT2D eigenvalue weighted by Gasteiger charge is 2.09. The Morgan fingerprint density at radius 3 is 2.68 bits per heavy atom. The minimum Gasteiger partial charge on any atom is -0.477 e. The number of rotatable bonds is 4. The fourth-order valence-electron chi connectivity index (χ4n) is 1.66. The molecule has 19 heavy (non-hydrogen) atoms. The van der Waals surface area contributed by atoms with Crippen LogP contribution in [0.2, 0.25) is 0 Å². The minimum atomic E-state index is -1.02. The van der Waals surface area contributed by atoms with Gasteiger partial charge in [-0.15, -0.1) is 11.8 Å². The van der Waals surface area contributed by atoms with Crippen molar-refractivity contribution in [3.63, 3.8) is 0 Å². The van der Waals surface area contributed by atoms with Crippen LogP contribution in [-0.2, 0) is 5.75 Å². The molecule has 0 fully saturated rings. The zero-order valence-corrected chi connectivity index (χ0v) is 11.6. The van der Waals surface area contributed by atoms with E-state index in [4.69, 9.17) is 5.11 Å². The number of hydrogen-bond donors (Lipinski definition) is 1. The van der Waals surface area contributed by atoms with E-state index in [9.17, 15) is 4.79 Å². The third kappa shape index (κ3) is 3.54. The Bertz CT molecular complexity index is 614. The van der Waals surface area contributed by atoms with Crippen LogP contribution in [-0.4, -0.2) is 21.0 Å². The smallest absolute Gasteiger partial charge is 0.354 e. The number of benzene rings is 1. The van der Waals surface area contributed by atoms with Gasteiger partial charge in [-0.2, -0.15) is 0 Å². The normalized spacial score (nSPS) is 10.4. The van der Waals surface area contributed by atoms with Gasteiger partial charge in [0, 0.05) is 10.6 Å². The van der Waals surface area contributed by atoms with Crippen LogP contribution in [0.3, 0.4) is 0 Å². The van der Waals surface area contributed by atoms with Crippen LogP contribution >= 0.6 is 11.8 Å². The summed E-state index contributed by atoms with van der Waals surface area (Å²) in [5.74, 6) is 0.0885. The van der Waals surface area contributed by atoms with Crippen molar-refractivity contribution in [3.8, 4) is 0 Å². The number of nitrogens with zero attached hydrogens (tertiary/aromatic N) is 2. The second-order valence-corrected chi connectivity index (χ2v) is 5.19. The molecule has 0 spiro atoms. The molecule has 1 aromatic carbocycles. The minimum absolute atomic E-state index is 0.0490. The molecule has 98 valence electrons. The van der Waals surface area contributed by atoms with E-state index in [1.165, 1.54) is 11.6 Å². The van der Waals surface area contributed by atoms with Crippen LogP contribution in [0.5, 0.6) is 0 Å². The van der Waals surface area contributed by atoms with Gasteiger partial charge in [0.25, 0.3) is 0 Å². The van der Waals surface area contributed by atoms with E-state index in [-0.39, 0.29) is 5.69 Å². The molecule has 0 aliphatic rings. The molecule has 0 radical (unpaired) electrons. The summed E-state index contributed by atoms with van der Waals surface area (Å²) in [5, 5.41) is 8.97. The Morgan fingerprint density at radius 1 is 1.26 bits per heavy atom. The molecule has 0 aliphatic carbocycles. The maximum Gasteiger partial charge on any atom is 0.354 e. The fourth-order valence-corrected chi connectivity index (χ4v) is 2.55. The van der Waals surface area contributed by atoms with Crippen molar-refractivity contribution < 1.29 is 9.90 Å². The first-order chi connectivity index (χ1) is 9.06. The Labute approximate surface area is 115 Å². The van der Waals surface area contributed by atoms with Gasteiger partial charge in [0.1, 0.15) is 5.82 Å². The largest absolute Gasteiger partial charge is 0.477 e. The Balaban J connectivity index is 2.16. The number of hydrogen-bond acceptors (Lipinski definition) is 4. The zero-order valence-electron chi connectivity index (χ0n) is 10.8. The lowest BCUT2D eigenvalue weighted by molar-refractivity contribution is 0.0689. The van der Waals surface area contributed by atoms with Gasteiger partial charge in [-0.1, -0.05) is 18.2 Å². The van der Waals surface area contributed by atoms with Crippen molar-refractivity contribution in [3.05, 3.63) is 53.1 Å². The standard InChI is InChI=1S/C14H14N2O2S/c1-9-5-3-4-6-12(9)19-8-13-15-10(2)7-11(16-13)14(17)18/h3-7H,8H2,1-2H3,(H,17,18). The molecule has 2 rings (SSSR count). The number of carbonyl (C=O) groups is 1. The highest BCUT2D eigenvalue weighted by atomic mass is 32.2. The molecule has 2 aromatic rings. The molecule has 5 heteroatoms. The number of aromatic nitrogens is 2. The van der Waals surface area contributed by atoms with Gasteiger partial charge in [0.2, 0.25) is 0 Å². The summed E-state index contributed by atoms with van der Waals surface area (Å²) in [5.41, 5.74) is 1.92. The van der Waals surface area contributed by atoms with Crippen molar-refractivity contribution in [2.24, 2.45) is 0 Å². The van der Waals surface area contributed by atoms with Gasteiger partial charge in [-0.25, -0.2) is 14.8 Å². The van der Waals surface area contributed by atoms with Gasteiger partial charge < -0.3 is 5.11 Å². The molecule has 0 bridgehead atoms. The van der Waals surface area contributed by atoms with Gasteiger partial charge in [-0.3, -0.25) is 0 Å². The molecule has 0 amide bonds. The van der Waals surface area contributed by atoms with Crippen molar-refractivity contribution in [2.45, 2.75) is 24.5 Å². The second kappa shape index (κ2) is 5.84. The molecule has 1 N–H and O–H groups in total. The number of thioether (sulfide) groups is 1. The second-order valence-electron chi connectivity index (χ2n) is 4.17. The van der Waals surface area contributed by atoms with Crippen LogP contribution in [0.25, 0.3) is 0 Å². The highest BCUT2D eigenvalue weighted by molar-refractivity contribution is 7.98. The first kappa shape index (κ1) is 13.5. The summed E-state index contributed by atoms with van der Waals surface area (Å²) < 4.78 is 0. The number of carboxylic acids is 1. The molecule has 4 nitrogen and oxygen atoms in total. The maximum absolute atomic E-state index is 10.9. The lowest BCUT2D eigenvalue weighted by atomic mass is 10.2. The third-order valence-electron chi connectivity index (χ3n) is 2.57. The molecule has 0 unspecified atom stereocenters. The first-order valence-electron chi connectivity index (χ1n) is 5.82. The van der Waals surface area contributed by atoms with Crippen molar-refractivity contribution in [1.29, 1.82) is 0 Å². The van der Waals surface area contributed by atoms with Gasteiger partial charge in [0.05, 0.1) is 5.75 Å². The highest BCUT2D eigenvalue weighted by Crippen LogP contribution is 2.24. The number of aromatic carboxylic acids is 1. The van der Waals surface area contributed by atoms with E-state index in [0.717, 1.165) is 4.90 Å². The average molecular weight is 274 g/mol. The van der Waals surface area contributed by atoms with Crippen LogP contribution in [0.15, 0.2) is 35.2 Å². The maximum atomic E-state index is 10.9. The molecular weight excluding hydrogens is 260 g/mol. The Hall–Kier alpha value is -1.88. The lowest BCUT2D eigenvalue weighted by Crippen LogP contribution is -2.06. The summed E-state index contributed by atoms with van der Waals surface area (Å²) in [6, 6.07) is 9.53. The Morgan fingerprint density at radius 2 is 2.00 bits per heavy atom. The molecule has 1 heterocycles. The van der Waals surface area contributed by atoms with E-state index in [2.05, 4.69) is 9.97 Å². The average Bonchev–Trinajstić information content (AvgIpc) is 2.37. The first-order valence-corrected chi connectivity index (χ1v) is 6.81. The Kier molecular flexibility index (Phi) is 4.16. The summed E-state index contributed by atoms with van der Waals surface area (Å²) in [7, 11) is 0. The fraction of sp³-hybridized carbons (Fsp3) is 0.214. The molecule has 0 atom stereocenters. The third-order valence-corrected chi connectivity index (χ3v) is 3.74. The van der Waals surface area contributed by atoms with E-state index < -0.39 is 5.97 Å². The van der Waals surface area contributed by atoms with Gasteiger partial charge in [0.15, 0.2) is 5.69 Å². The molecule has 0 saturated heterocycles. The SMILES string of the molecule is Cc1cc(C(=O)O)nc(CSc2ccccc2C)n1. The molecule has 0 aliphatic heterocycles. The van der Waals surface area contributed by atoms with E-state index >= 15 is 0 Å². The summed E-state index contributed by atoms with van der Waals surface area (Å²) in [4.78, 5) is 20.4. The summed E-state index contributed by atoms with van der Waals surface area (Å²) in [6.45, 7) is 3.82. The predicted molar refractivity (Wildman–Crippen MR) is 74.5 cm³/mol. The predicted octanol–water partition coefficient (Wildman–Crippen LogP) is 3.08. The van der Waals surface area contributed by atoms with E-state index in [1.54, 1.807) is 18.7 Å². The van der Waals surface area contributed by atoms with Gasteiger partial charge in [-0.05, 0) is 31.5 Å². The quantitative estimate of drug-likeness (QED) is 0.868. The number of carboxylic acid groups (broad SMARTS) is 1. The zero-order chi connectivity index (χ0) is 13.8. The van der Waals surface area contributed by atoms with Crippen LogP contribution in [0.1, 0.15) is 27.6 Å². The van der Waals surface area contributed by atoms with E-state index in [0.29, 0.717) is 17.3 Å². The molecular formula is C14H14N2O2S. The summed E-state index contributed by atoms with van der Waals surface area (Å²) >= 11 is 1.61. The molecule has 0 saturated carbocycles. The monoisotopic (exact) mass is 274 g/mol. The molecule has 1 aromatic heterocycles.